The maximum atomic E-state index is 12.9. The molecule has 2 atom stereocenters. The van der Waals surface area contributed by atoms with E-state index in [-0.39, 0.29) is 29.3 Å². The normalized spacial score (nSPS) is 13.6. The van der Waals surface area contributed by atoms with E-state index in [2.05, 4.69) is 10.3 Å². The first-order valence-electron chi connectivity index (χ1n) is 8.40. The molecule has 0 aliphatic rings. The lowest BCUT2D eigenvalue weighted by molar-refractivity contribution is -0.119. The molecule has 1 aromatic heterocycles. The van der Waals surface area contributed by atoms with Crippen LogP contribution in [0.4, 0.5) is 0 Å². The number of aromatic nitrogens is 2. The predicted molar refractivity (Wildman–Crippen MR) is 101 cm³/mol. The monoisotopic (exact) mass is 363 g/mol. The topological polar surface area (TPSA) is 73.2 Å². The molecule has 25 heavy (non-hydrogen) atoms. The van der Waals surface area contributed by atoms with Gasteiger partial charge in [-0.1, -0.05) is 30.8 Å². The molecule has 6 nitrogen and oxygen atoms in total. The molecule has 1 amide bonds. The molecule has 0 saturated carbocycles. The Balaban J connectivity index is 2.34. The van der Waals surface area contributed by atoms with Crippen LogP contribution in [0.2, 0.25) is 0 Å². The number of benzene rings is 1. The van der Waals surface area contributed by atoms with Gasteiger partial charge in [0.2, 0.25) is 5.91 Å². The van der Waals surface area contributed by atoms with Crippen molar-refractivity contribution in [2.24, 2.45) is 0 Å². The molecule has 0 saturated heterocycles. The van der Waals surface area contributed by atoms with Gasteiger partial charge in [0.1, 0.15) is 0 Å². The molecule has 136 valence electrons. The highest BCUT2D eigenvalue weighted by Gasteiger charge is 2.17. The van der Waals surface area contributed by atoms with Gasteiger partial charge in [-0.25, -0.2) is 4.98 Å². The zero-order chi connectivity index (χ0) is 18.4. The van der Waals surface area contributed by atoms with Crippen molar-refractivity contribution in [1.82, 2.24) is 14.9 Å². The molecule has 0 radical (unpaired) electrons. The fourth-order valence-corrected chi connectivity index (χ4v) is 3.39. The summed E-state index contributed by atoms with van der Waals surface area (Å²) in [6, 6.07) is 7.21. The first-order chi connectivity index (χ1) is 12.0. The summed E-state index contributed by atoms with van der Waals surface area (Å²) in [6.45, 7) is 6.29. The second-order valence-corrected chi connectivity index (χ2v) is 7.00. The van der Waals surface area contributed by atoms with E-state index in [1.165, 1.54) is 11.8 Å². The zero-order valence-corrected chi connectivity index (χ0v) is 15.9. The second kappa shape index (κ2) is 9.01. The maximum Gasteiger partial charge on any atom is 0.262 e. The van der Waals surface area contributed by atoms with Crippen LogP contribution < -0.4 is 10.9 Å². The number of methoxy groups -OCH3 is 1. The summed E-state index contributed by atoms with van der Waals surface area (Å²) in [4.78, 5) is 29.6. The van der Waals surface area contributed by atoms with E-state index in [9.17, 15) is 9.59 Å². The molecule has 0 fully saturated rings. The Hall–Kier alpha value is -1.86. The van der Waals surface area contributed by atoms with E-state index in [0.717, 1.165) is 6.42 Å². The van der Waals surface area contributed by atoms with Crippen molar-refractivity contribution in [3.8, 4) is 0 Å². The zero-order valence-electron chi connectivity index (χ0n) is 15.1. The van der Waals surface area contributed by atoms with Crippen LogP contribution >= 0.6 is 11.8 Å². The van der Waals surface area contributed by atoms with Gasteiger partial charge in [-0.15, -0.1) is 0 Å². The molecule has 0 aliphatic heterocycles. The van der Waals surface area contributed by atoms with Gasteiger partial charge in [-0.05, 0) is 32.4 Å². The molecule has 7 heteroatoms. The maximum absolute atomic E-state index is 12.9. The third kappa shape index (κ3) is 4.83. The van der Waals surface area contributed by atoms with Crippen molar-refractivity contribution in [2.75, 3.05) is 19.5 Å². The Labute approximate surface area is 152 Å². The Bertz CT molecular complexity index is 791. The molecule has 1 aromatic carbocycles. The molecule has 0 aliphatic carbocycles. The highest BCUT2D eigenvalue weighted by molar-refractivity contribution is 7.99. The number of hydrogen-bond donors (Lipinski definition) is 1. The minimum Gasteiger partial charge on any atom is -0.383 e. The average molecular weight is 363 g/mol. The molecule has 2 rings (SSSR count). The number of rotatable bonds is 8. The molecule has 1 heterocycles. The van der Waals surface area contributed by atoms with E-state index in [1.54, 1.807) is 17.7 Å². The first kappa shape index (κ1) is 19.5. The Morgan fingerprint density at radius 1 is 1.36 bits per heavy atom. The Morgan fingerprint density at radius 3 is 2.76 bits per heavy atom. The molecule has 2 unspecified atom stereocenters. The number of carbonyl (C=O) groups is 1. The van der Waals surface area contributed by atoms with E-state index in [0.29, 0.717) is 22.7 Å². The molecule has 0 spiro atoms. The highest BCUT2D eigenvalue weighted by atomic mass is 32.2. The summed E-state index contributed by atoms with van der Waals surface area (Å²) in [5.74, 6) is 0.155. The van der Waals surface area contributed by atoms with Crippen LogP contribution in [0, 0.1) is 0 Å². The number of fused-ring (bicyclic) bond motifs is 1. The number of ether oxygens (including phenoxy) is 1. The van der Waals surface area contributed by atoms with Crippen LogP contribution in [0.3, 0.4) is 0 Å². The van der Waals surface area contributed by atoms with Gasteiger partial charge in [-0.2, -0.15) is 0 Å². The molecule has 1 N–H and O–H groups in total. The number of nitrogens with one attached hydrogen (secondary N) is 1. The van der Waals surface area contributed by atoms with Crippen LogP contribution in [-0.4, -0.2) is 41.0 Å². The SMILES string of the molecule is CCC(C)NC(=O)CSc1nc2ccccc2c(=O)n1C(C)COC. The Kier molecular flexibility index (Phi) is 7.01. The largest absolute Gasteiger partial charge is 0.383 e. The summed E-state index contributed by atoms with van der Waals surface area (Å²) in [5, 5.41) is 4.03. The number of nitrogens with zero attached hydrogens (tertiary/aromatic N) is 2. The second-order valence-electron chi connectivity index (χ2n) is 6.06. The quantitative estimate of drug-likeness (QED) is 0.576. The third-order valence-corrected chi connectivity index (χ3v) is 4.93. The number of amides is 1. The summed E-state index contributed by atoms with van der Waals surface area (Å²) in [7, 11) is 1.60. The third-order valence-electron chi connectivity index (χ3n) is 3.98. The fourth-order valence-electron chi connectivity index (χ4n) is 2.48. The Morgan fingerprint density at radius 2 is 2.08 bits per heavy atom. The van der Waals surface area contributed by atoms with Crippen molar-refractivity contribution in [2.45, 2.75) is 44.4 Å². The summed E-state index contributed by atoms with van der Waals surface area (Å²) < 4.78 is 6.81. The number of para-hydroxylation sites is 1. The predicted octanol–water partition coefficient (Wildman–Crippen LogP) is 2.61. The summed E-state index contributed by atoms with van der Waals surface area (Å²) in [5.41, 5.74) is 0.526. The van der Waals surface area contributed by atoms with E-state index >= 15 is 0 Å². The van der Waals surface area contributed by atoms with Crippen LogP contribution in [0.15, 0.2) is 34.2 Å². The fraction of sp³-hybridized carbons (Fsp3) is 0.500. The van der Waals surface area contributed by atoms with E-state index in [4.69, 9.17) is 4.74 Å². The van der Waals surface area contributed by atoms with Gasteiger partial charge in [0.15, 0.2) is 5.16 Å². The lowest BCUT2D eigenvalue weighted by Crippen LogP contribution is -2.34. The minimum atomic E-state index is -0.172. The van der Waals surface area contributed by atoms with Gasteiger partial charge in [0.25, 0.3) is 5.56 Å². The standard InChI is InChI=1S/C18H25N3O3S/c1-5-12(2)19-16(22)11-25-18-20-15-9-7-6-8-14(15)17(23)21(18)13(3)10-24-4/h6-9,12-13H,5,10-11H2,1-4H3,(H,19,22). The van der Waals surface area contributed by atoms with Crippen LogP contribution in [0.25, 0.3) is 10.9 Å². The molecule has 2 aromatic rings. The smallest absolute Gasteiger partial charge is 0.262 e. The number of thioether (sulfide) groups is 1. The van der Waals surface area contributed by atoms with Gasteiger partial charge in [0, 0.05) is 13.2 Å². The lowest BCUT2D eigenvalue weighted by Gasteiger charge is -2.19. The summed E-state index contributed by atoms with van der Waals surface area (Å²) >= 11 is 1.28. The highest BCUT2D eigenvalue weighted by Crippen LogP contribution is 2.21. The number of carbonyl (C=O) groups excluding carboxylic acids is 1. The van der Waals surface area contributed by atoms with Crippen LogP contribution in [0.1, 0.15) is 33.2 Å². The van der Waals surface area contributed by atoms with Crippen molar-refractivity contribution < 1.29 is 9.53 Å². The van der Waals surface area contributed by atoms with Gasteiger partial charge in [0.05, 0.1) is 29.3 Å². The van der Waals surface area contributed by atoms with Crippen molar-refractivity contribution in [3.05, 3.63) is 34.6 Å². The molecular formula is C18H25N3O3S. The average Bonchev–Trinajstić information content (AvgIpc) is 2.60. The van der Waals surface area contributed by atoms with E-state index in [1.807, 2.05) is 39.0 Å². The van der Waals surface area contributed by atoms with E-state index < -0.39 is 0 Å². The lowest BCUT2D eigenvalue weighted by atomic mass is 10.2. The first-order valence-corrected chi connectivity index (χ1v) is 9.38. The van der Waals surface area contributed by atoms with Crippen molar-refractivity contribution in [1.29, 1.82) is 0 Å². The minimum absolute atomic E-state index is 0.0623. The molecular weight excluding hydrogens is 338 g/mol. The van der Waals surface area contributed by atoms with Gasteiger partial charge < -0.3 is 10.1 Å². The van der Waals surface area contributed by atoms with Gasteiger partial charge >= 0.3 is 0 Å². The number of hydrogen-bond acceptors (Lipinski definition) is 5. The molecule has 0 bridgehead atoms. The van der Waals surface area contributed by atoms with Gasteiger partial charge in [-0.3, -0.25) is 14.2 Å². The van der Waals surface area contributed by atoms with Crippen LogP contribution in [-0.2, 0) is 9.53 Å². The van der Waals surface area contributed by atoms with Crippen molar-refractivity contribution in [3.63, 3.8) is 0 Å². The van der Waals surface area contributed by atoms with Crippen LogP contribution in [0.5, 0.6) is 0 Å². The van der Waals surface area contributed by atoms with Crippen molar-refractivity contribution >= 4 is 28.6 Å². The summed E-state index contributed by atoms with van der Waals surface area (Å²) in [6.07, 6.45) is 0.875.